The van der Waals surface area contributed by atoms with E-state index < -0.39 is 0 Å². The summed E-state index contributed by atoms with van der Waals surface area (Å²) in [5.41, 5.74) is 2.23. The lowest BCUT2D eigenvalue weighted by Gasteiger charge is -2.37. The maximum atomic E-state index is 12.9. The largest absolute Gasteiger partial charge is 0.367 e. The molecule has 1 aromatic carbocycles. The van der Waals surface area contributed by atoms with Crippen LogP contribution in [-0.4, -0.2) is 23.4 Å². The van der Waals surface area contributed by atoms with Gasteiger partial charge >= 0.3 is 0 Å². The van der Waals surface area contributed by atoms with Gasteiger partial charge in [0.2, 0.25) is 11.8 Å². The molecule has 6 unspecified atom stereocenters. The van der Waals surface area contributed by atoms with Crippen molar-refractivity contribution in [3.05, 3.63) is 42.0 Å². The van der Waals surface area contributed by atoms with Crippen molar-refractivity contribution >= 4 is 17.5 Å². The predicted molar refractivity (Wildman–Crippen MR) is 90.9 cm³/mol. The fourth-order valence-corrected chi connectivity index (χ4v) is 5.20. The van der Waals surface area contributed by atoms with E-state index in [9.17, 15) is 9.59 Å². The number of carbonyl (C=O) groups excluding carboxylic acids is 2. The number of amides is 2. The maximum absolute atomic E-state index is 12.9. The molecule has 1 N–H and O–H groups in total. The number of likely N-dealkylation sites (tertiary alicyclic amines) is 1. The summed E-state index contributed by atoms with van der Waals surface area (Å²) in [5.74, 6) is 1.80. The molecule has 1 saturated heterocycles. The van der Waals surface area contributed by atoms with E-state index in [2.05, 4.69) is 36.5 Å². The molecule has 124 valence electrons. The van der Waals surface area contributed by atoms with Gasteiger partial charge in [-0.2, -0.15) is 0 Å². The molecule has 2 saturated carbocycles. The standard InChI is InChI=1S/C20H22N2O2/c1-2-11-3-5-12(6-4-11)21-10-22-19(23)17-13-7-8-14(16-9-15(13)16)18(17)20(22)24/h3-8,13-18,21H,2,9-10H2,1H3. The van der Waals surface area contributed by atoms with Crippen molar-refractivity contribution < 1.29 is 9.59 Å². The average molecular weight is 322 g/mol. The van der Waals surface area contributed by atoms with Crippen LogP contribution in [0.3, 0.4) is 0 Å². The van der Waals surface area contributed by atoms with Crippen molar-refractivity contribution in [3.8, 4) is 0 Å². The number of imide groups is 1. The third kappa shape index (κ3) is 1.86. The first-order valence-corrected chi connectivity index (χ1v) is 9.05. The van der Waals surface area contributed by atoms with Gasteiger partial charge in [-0.15, -0.1) is 0 Å². The van der Waals surface area contributed by atoms with Crippen molar-refractivity contribution in [1.82, 2.24) is 4.90 Å². The van der Waals surface area contributed by atoms with Gasteiger partial charge in [-0.3, -0.25) is 14.5 Å². The number of hydrogen-bond donors (Lipinski definition) is 1. The van der Waals surface area contributed by atoms with Crippen LogP contribution in [-0.2, 0) is 16.0 Å². The Hall–Kier alpha value is -2.10. The van der Waals surface area contributed by atoms with Gasteiger partial charge in [0.05, 0.1) is 18.5 Å². The summed E-state index contributed by atoms with van der Waals surface area (Å²) in [6, 6.07) is 8.18. The summed E-state index contributed by atoms with van der Waals surface area (Å²) in [6.07, 6.45) is 6.64. The Morgan fingerprint density at radius 2 is 1.58 bits per heavy atom. The van der Waals surface area contributed by atoms with Crippen LogP contribution < -0.4 is 5.32 Å². The highest BCUT2D eigenvalue weighted by molar-refractivity contribution is 6.06. The van der Waals surface area contributed by atoms with Crippen molar-refractivity contribution in [3.63, 3.8) is 0 Å². The number of allylic oxidation sites excluding steroid dienone is 2. The minimum atomic E-state index is -0.0967. The van der Waals surface area contributed by atoms with Crippen molar-refractivity contribution in [2.75, 3.05) is 12.0 Å². The van der Waals surface area contributed by atoms with E-state index in [1.165, 1.54) is 16.9 Å². The number of nitrogens with zero attached hydrogens (tertiary/aromatic N) is 1. The van der Waals surface area contributed by atoms with Crippen LogP contribution in [0.4, 0.5) is 5.69 Å². The van der Waals surface area contributed by atoms with Crippen molar-refractivity contribution in [1.29, 1.82) is 0 Å². The molecule has 2 amide bonds. The molecule has 24 heavy (non-hydrogen) atoms. The number of carbonyl (C=O) groups is 2. The topological polar surface area (TPSA) is 49.4 Å². The molecule has 2 bridgehead atoms. The average Bonchev–Trinajstić information content (AvgIpc) is 3.39. The molecular formula is C20H22N2O2. The van der Waals surface area contributed by atoms with E-state index in [-0.39, 0.29) is 30.3 Å². The van der Waals surface area contributed by atoms with Gasteiger partial charge in [-0.05, 0) is 54.2 Å². The highest BCUT2D eigenvalue weighted by atomic mass is 16.2. The van der Waals surface area contributed by atoms with Gasteiger partial charge in [0.15, 0.2) is 0 Å². The van der Waals surface area contributed by atoms with Gasteiger partial charge in [-0.1, -0.05) is 31.2 Å². The highest BCUT2D eigenvalue weighted by Crippen LogP contribution is 2.65. The molecule has 4 aliphatic carbocycles. The molecule has 6 rings (SSSR count). The first-order valence-electron chi connectivity index (χ1n) is 9.05. The molecule has 1 heterocycles. The zero-order valence-corrected chi connectivity index (χ0v) is 13.8. The first-order chi connectivity index (χ1) is 11.7. The smallest absolute Gasteiger partial charge is 0.235 e. The van der Waals surface area contributed by atoms with Crippen LogP contribution in [0, 0.1) is 35.5 Å². The quantitative estimate of drug-likeness (QED) is 0.685. The third-order valence-corrected chi connectivity index (χ3v) is 6.56. The molecule has 1 aromatic rings. The van der Waals surface area contributed by atoms with E-state index >= 15 is 0 Å². The van der Waals surface area contributed by atoms with Crippen LogP contribution in [0.2, 0.25) is 0 Å². The molecule has 0 spiro atoms. The second kappa shape index (κ2) is 4.95. The second-order valence-corrected chi connectivity index (χ2v) is 7.64. The number of rotatable bonds is 4. The predicted octanol–water partition coefficient (Wildman–Crippen LogP) is 2.67. The Balaban J connectivity index is 1.33. The molecule has 0 radical (unpaired) electrons. The fourth-order valence-electron chi connectivity index (χ4n) is 5.20. The molecular weight excluding hydrogens is 300 g/mol. The summed E-state index contributed by atoms with van der Waals surface area (Å²) >= 11 is 0. The summed E-state index contributed by atoms with van der Waals surface area (Å²) in [7, 11) is 0. The van der Waals surface area contributed by atoms with Crippen molar-refractivity contribution in [2.45, 2.75) is 19.8 Å². The molecule has 6 atom stereocenters. The molecule has 1 aliphatic heterocycles. The van der Waals surface area contributed by atoms with Gasteiger partial charge in [0, 0.05) is 5.69 Å². The van der Waals surface area contributed by atoms with Gasteiger partial charge < -0.3 is 5.32 Å². The number of benzene rings is 1. The Morgan fingerprint density at radius 1 is 1.00 bits per heavy atom. The Labute approximate surface area is 141 Å². The third-order valence-electron chi connectivity index (χ3n) is 6.56. The monoisotopic (exact) mass is 322 g/mol. The second-order valence-electron chi connectivity index (χ2n) is 7.64. The molecule has 3 fully saturated rings. The number of nitrogens with one attached hydrogen (secondary N) is 1. The Kier molecular flexibility index (Phi) is 2.94. The minimum Gasteiger partial charge on any atom is -0.367 e. The SMILES string of the molecule is CCc1ccc(NCN2C(=O)C3C4C=CC(C5CC45)C3C2=O)cc1. The molecule has 4 heteroatoms. The van der Waals surface area contributed by atoms with Crippen molar-refractivity contribution in [2.24, 2.45) is 35.5 Å². The van der Waals surface area contributed by atoms with Crippen LogP contribution in [0.25, 0.3) is 0 Å². The zero-order chi connectivity index (χ0) is 16.4. The summed E-state index contributed by atoms with van der Waals surface area (Å²) in [6.45, 7) is 2.41. The normalized spacial score (nSPS) is 38.3. The highest BCUT2D eigenvalue weighted by Gasteiger charge is 2.66. The fraction of sp³-hybridized carbons (Fsp3) is 0.500. The Bertz CT molecular complexity index is 703. The van der Waals surface area contributed by atoms with Gasteiger partial charge in [0.25, 0.3) is 0 Å². The number of aryl methyl sites for hydroxylation is 1. The maximum Gasteiger partial charge on any atom is 0.235 e. The van der Waals surface area contributed by atoms with Crippen LogP contribution in [0.1, 0.15) is 18.9 Å². The number of hydrogen-bond acceptors (Lipinski definition) is 3. The molecule has 5 aliphatic rings. The van der Waals surface area contributed by atoms with Crippen LogP contribution >= 0.6 is 0 Å². The van der Waals surface area contributed by atoms with E-state index in [4.69, 9.17) is 0 Å². The number of anilines is 1. The summed E-state index contributed by atoms with van der Waals surface area (Å²) < 4.78 is 0. The lowest BCUT2D eigenvalue weighted by Crippen LogP contribution is -2.40. The summed E-state index contributed by atoms with van der Waals surface area (Å²) in [4.78, 5) is 27.2. The lowest BCUT2D eigenvalue weighted by atomic mass is 9.63. The van der Waals surface area contributed by atoms with E-state index in [1.807, 2.05) is 12.1 Å². The molecule has 0 aromatic heterocycles. The summed E-state index contributed by atoms with van der Waals surface area (Å²) in [5, 5.41) is 3.24. The Morgan fingerprint density at radius 3 is 2.12 bits per heavy atom. The molecule has 4 nitrogen and oxygen atoms in total. The van der Waals surface area contributed by atoms with Crippen LogP contribution in [0.5, 0.6) is 0 Å². The van der Waals surface area contributed by atoms with Crippen LogP contribution in [0.15, 0.2) is 36.4 Å². The first kappa shape index (κ1) is 14.3. The van der Waals surface area contributed by atoms with Gasteiger partial charge in [0.1, 0.15) is 0 Å². The lowest BCUT2D eigenvalue weighted by molar-refractivity contribution is -0.139. The van der Waals surface area contributed by atoms with E-state index in [0.29, 0.717) is 23.7 Å². The minimum absolute atomic E-state index is 0.0346. The van der Waals surface area contributed by atoms with Gasteiger partial charge in [-0.25, -0.2) is 0 Å². The van der Waals surface area contributed by atoms with E-state index in [0.717, 1.165) is 12.1 Å². The zero-order valence-electron chi connectivity index (χ0n) is 13.8. The van der Waals surface area contributed by atoms with E-state index in [1.54, 1.807) is 0 Å².